The van der Waals surface area contributed by atoms with Gasteiger partial charge in [-0.2, -0.15) is 15.0 Å². The Morgan fingerprint density at radius 1 is 0.750 bits per heavy atom. The van der Waals surface area contributed by atoms with Crippen LogP contribution < -0.4 is 30.7 Å². The van der Waals surface area contributed by atoms with Crippen molar-refractivity contribution in [1.82, 2.24) is 20.3 Å². The number of benzene rings is 2. The van der Waals surface area contributed by atoms with Crippen LogP contribution >= 0.6 is 0 Å². The van der Waals surface area contributed by atoms with E-state index in [4.69, 9.17) is 18.9 Å². The lowest BCUT2D eigenvalue weighted by Crippen LogP contribution is -2.27. The monoisotopic (exact) mass is 607 g/mol. The molecule has 4 N–H and O–H groups in total. The lowest BCUT2D eigenvalue weighted by molar-refractivity contribution is 0.0519. The Kier molecular flexibility index (Phi) is 13.8. The van der Waals surface area contributed by atoms with Crippen molar-refractivity contribution < 1.29 is 23.7 Å². The fourth-order valence-electron chi connectivity index (χ4n) is 4.99. The molecule has 3 aromatic rings. The zero-order valence-electron chi connectivity index (χ0n) is 25.8. The molecule has 1 aliphatic rings. The minimum atomic E-state index is -0.111. The highest BCUT2D eigenvalue weighted by molar-refractivity contribution is 5.94. The number of nitrogens with one attached hydrogen (secondary N) is 4. The molecule has 0 bridgehead atoms. The molecule has 1 fully saturated rings. The molecule has 1 saturated carbocycles. The van der Waals surface area contributed by atoms with Gasteiger partial charge in [-0.1, -0.05) is 49.6 Å². The second-order valence-corrected chi connectivity index (χ2v) is 10.5. The summed E-state index contributed by atoms with van der Waals surface area (Å²) in [4.78, 5) is 25.8. The summed E-state index contributed by atoms with van der Waals surface area (Å²) in [5, 5.41) is 12.8. The number of carbonyl (C=O) groups excluding carboxylic acids is 1. The van der Waals surface area contributed by atoms with Crippen LogP contribution in [-0.2, 0) is 16.0 Å². The first-order valence-electron chi connectivity index (χ1n) is 15.3. The van der Waals surface area contributed by atoms with Crippen LogP contribution in [0.2, 0.25) is 0 Å². The summed E-state index contributed by atoms with van der Waals surface area (Å²) in [6.45, 7) is 3.98. The first-order valence-corrected chi connectivity index (χ1v) is 15.3. The second-order valence-electron chi connectivity index (χ2n) is 10.5. The number of ether oxygens (including phenoxy) is 4. The van der Waals surface area contributed by atoms with Crippen LogP contribution in [0.25, 0.3) is 0 Å². The summed E-state index contributed by atoms with van der Waals surface area (Å²) in [7, 11) is 3.25. The van der Waals surface area contributed by atoms with Crippen LogP contribution in [0.3, 0.4) is 0 Å². The number of nitrogens with zero attached hydrogens (tertiary/aromatic N) is 3. The maximum atomic E-state index is 12.0. The van der Waals surface area contributed by atoms with E-state index < -0.39 is 0 Å². The van der Waals surface area contributed by atoms with Crippen LogP contribution in [0.4, 0.5) is 17.8 Å². The van der Waals surface area contributed by atoms with Crippen molar-refractivity contribution in [3.63, 3.8) is 0 Å². The van der Waals surface area contributed by atoms with E-state index in [9.17, 15) is 4.79 Å². The fraction of sp³-hybridized carbons (Fsp3) is 0.500. The molecule has 0 saturated heterocycles. The van der Waals surface area contributed by atoms with Gasteiger partial charge < -0.3 is 40.2 Å². The second kappa shape index (κ2) is 18.5. The van der Waals surface area contributed by atoms with E-state index in [-0.39, 0.29) is 5.91 Å². The molecule has 1 amide bonds. The summed E-state index contributed by atoms with van der Waals surface area (Å²) in [5.41, 5.74) is 1.56. The molecule has 1 heterocycles. The molecular formula is C32H45N7O5. The topological polar surface area (TPSA) is 141 Å². The number of hydrogen-bond donors (Lipinski definition) is 4. The first kappa shape index (κ1) is 32.7. The molecule has 12 nitrogen and oxygen atoms in total. The van der Waals surface area contributed by atoms with Crippen molar-refractivity contribution in [3.05, 3.63) is 59.7 Å². The lowest BCUT2D eigenvalue weighted by atomic mass is 9.89. The van der Waals surface area contributed by atoms with E-state index in [1.54, 1.807) is 26.4 Å². The van der Waals surface area contributed by atoms with Gasteiger partial charge in [0.05, 0.1) is 40.6 Å². The normalized spacial score (nSPS) is 13.2. The molecule has 1 aromatic heterocycles. The van der Waals surface area contributed by atoms with E-state index in [0.29, 0.717) is 86.9 Å². The number of anilines is 3. The molecule has 2 aromatic carbocycles. The molecule has 0 unspecified atom stereocenters. The standard InChI is InChI=1S/C32H45N7O5/c1-41-27-15-9-14-26(28(27)42-2)23-36-32-38-30(37-31(39-32)35-22-24-10-5-3-6-11-24)34-17-19-44-21-20-43-18-16-33-29(40)25-12-7-4-8-13-25/h4,7-9,12-15,24H,3,5-6,10-11,16-23H2,1-2H3,(H,33,40)(H3,34,35,36,37,38,39). The third-order valence-electron chi connectivity index (χ3n) is 7.30. The zero-order valence-corrected chi connectivity index (χ0v) is 25.8. The number of rotatable bonds is 19. The maximum Gasteiger partial charge on any atom is 0.251 e. The van der Waals surface area contributed by atoms with Gasteiger partial charge >= 0.3 is 0 Å². The highest BCUT2D eigenvalue weighted by atomic mass is 16.5. The van der Waals surface area contributed by atoms with Crippen molar-refractivity contribution in [1.29, 1.82) is 0 Å². The molecule has 4 rings (SSSR count). The van der Waals surface area contributed by atoms with Crippen molar-refractivity contribution in [2.24, 2.45) is 5.92 Å². The average Bonchev–Trinajstić information content (AvgIpc) is 3.07. The predicted octanol–water partition coefficient (Wildman–Crippen LogP) is 4.37. The van der Waals surface area contributed by atoms with E-state index in [2.05, 4.69) is 36.2 Å². The van der Waals surface area contributed by atoms with E-state index in [1.807, 2.05) is 36.4 Å². The number of amides is 1. The van der Waals surface area contributed by atoms with Crippen LogP contribution in [0.15, 0.2) is 48.5 Å². The van der Waals surface area contributed by atoms with Gasteiger partial charge in [0.15, 0.2) is 11.5 Å². The summed E-state index contributed by atoms with van der Waals surface area (Å²) in [6.07, 6.45) is 6.34. The van der Waals surface area contributed by atoms with Crippen LogP contribution in [0.5, 0.6) is 11.5 Å². The summed E-state index contributed by atoms with van der Waals surface area (Å²) >= 11 is 0. The molecule has 0 aliphatic heterocycles. The Morgan fingerprint density at radius 2 is 1.43 bits per heavy atom. The highest BCUT2D eigenvalue weighted by Gasteiger charge is 2.15. The number of hydrogen-bond acceptors (Lipinski definition) is 11. The quantitative estimate of drug-likeness (QED) is 0.144. The largest absolute Gasteiger partial charge is 0.493 e. The third-order valence-corrected chi connectivity index (χ3v) is 7.30. The van der Waals surface area contributed by atoms with Crippen LogP contribution in [0, 0.1) is 5.92 Å². The Bertz CT molecular complexity index is 1280. The minimum Gasteiger partial charge on any atom is -0.493 e. The molecular weight excluding hydrogens is 562 g/mol. The third kappa shape index (κ3) is 10.8. The Hall–Kier alpha value is -4.16. The van der Waals surface area contributed by atoms with Gasteiger partial charge in [-0.15, -0.1) is 0 Å². The molecule has 1 aliphatic carbocycles. The van der Waals surface area contributed by atoms with Crippen LogP contribution in [0.1, 0.15) is 48.0 Å². The van der Waals surface area contributed by atoms with Crippen molar-refractivity contribution in [2.45, 2.75) is 38.6 Å². The minimum absolute atomic E-state index is 0.111. The number of carbonyl (C=O) groups is 1. The number of para-hydroxylation sites is 1. The molecule has 0 spiro atoms. The Morgan fingerprint density at radius 3 is 2.14 bits per heavy atom. The summed E-state index contributed by atoms with van der Waals surface area (Å²) in [6, 6.07) is 14.9. The van der Waals surface area contributed by atoms with Gasteiger partial charge in [-0.25, -0.2) is 0 Å². The van der Waals surface area contributed by atoms with E-state index in [0.717, 1.165) is 12.1 Å². The summed E-state index contributed by atoms with van der Waals surface area (Å²) in [5.74, 6) is 3.29. The Balaban J connectivity index is 1.21. The lowest BCUT2D eigenvalue weighted by Gasteiger charge is -2.22. The molecule has 238 valence electrons. The SMILES string of the molecule is COc1cccc(CNc2nc(NCCOCCOCCNC(=O)c3ccccc3)nc(NCC3CCCCC3)n2)c1OC. The predicted molar refractivity (Wildman–Crippen MR) is 171 cm³/mol. The van der Waals surface area contributed by atoms with Gasteiger partial charge in [-0.3, -0.25) is 4.79 Å². The fourth-order valence-corrected chi connectivity index (χ4v) is 4.99. The smallest absolute Gasteiger partial charge is 0.251 e. The average molecular weight is 608 g/mol. The van der Waals surface area contributed by atoms with Gasteiger partial charge in [0.1, 0.15) is 0 Å². The van der Waals surface area contributed by atoms with Crippen molar-refractivity contribution in [3.8, 4) is 11.5 Å². The zero-order chi connectivity index (χ0) is 30.8. The Labute approximate surface area is 259 Å². The van der Waals surface area contributed by atoms with Crippen molar-refractivity contribution >= 4 is 23.8 Å². The number of methoxy groups -OCH3 is 2. The molecule has 0 radical (unpaired) electrons. The molecule has 12 heteroatoms. The first-order chi connectivity index (χ1) is 21.7. The maximum absolute atomic E-state index is 12.0. The highest BCUT2D eigenvalue weighted by Crippen LogP contribution is 2.31. The molecule has 0 atom stereocenters. The van der Waals surface area contributed by atoms with Gasteiger partial charge in [-0.05, 0) is 37.0 Å². The molecule has 44 heavy (non-hydrogen) atoms. The van der Waals surface area contributed by atoms with Gasteiger partial charge in [0.2, 0.25) is 17.8 Å². The van der Waals surface area contributed by atoms with Gasteiger partial charge in [0.25, 0.3) is 5.91 Å². The number of aromatic nitrogens is 3. The van der Waals surface area contributed by atoms with E-state index >= 15 is 0 Å². The summed E-state index contributed by atoms with van der Waals surface area (Å²) < 4.78 is 22.2. The van der Waals surface area contributed by atoms with Gasteiger partial charge in [0, 0.05) is 37.3 Å². The van der Waals surface area contributed by atoms with Crippen molar-refractivity contribution in [2.75, 3.05) is 76.2 Å². The van der Waals surface area contributed by atoms with E-state index in [1.165, 1.54) is 32.1 Å². The van der Waals surface area contributed by atoms with Crippen LogP contribution in [-0.4, -0.2) is 81.1 Å².